The highest BCUT2D eigenvalue weighted by Gasteiger charge is 2.30. The minimum Gasteiger partial charge on any atom is -0.315 e. The molecule has 0 aromatic carbocycles. The first-order valence-corrected chi connectivity index (χ1v) is 9.51. The minimum absolute atomic E-state index is 0.0277. The Labute approximate surface area is 160 Å². The van der Waals surface area contributed by atoms with Crippen LogP contribution in [-0.4, -0.2) is 45.4 Å². The van der Waals surface area contributed by atoms with E-state index < -0.39 is 0 Å². The maximum atomic E-state index is 11.6. The van der Waals surface area contributed by atoms with Crippen LogP contribution >= 0.6 is 0 Å². The van der Waals surface area contributed by atoms with E-state index in [1.54, 1.807) is 6.20 Å². The van der Waals surface area contributed by atoms with Crippen LogP contribution in [0.5, 0.6) is 0 Å². The highest BCUT2D eigenvalue weighted by Crippen LogP contribution is 2.21. The maximum absolute atomic E-state index is 11.6. The van der Waals surface area contributed by atoms with E-state index in [0.717, 1.165) is 43.0 Å². The zero-order valence-electron chi connectivity index (χ0n) is 16.3. The molecule has 6 heteroatoms. The summed E-state index contributed by atoms with van der Waals surface area (Å²) in [6, 6.07) is 5.83. The molecular weight excluding hydrogens is 338 g/mol. The van der Waals surface area contributed by atoms with Gasteiger partial charge in [0.15, 0.2) is 5.82 Å². The van der Waals surface area contributed by atoms with E-state index in [9.17, 15) is 4.79 Å². The lowest BCUT2D eigenvalue weighted by atomic mass is 10.2. The quantitative estimate of drug-likeness (QED) is 0.906. The summed E-state index contributed by atoms with van der Waals surface area (Å²) in [4.78, 5) is 26.5. The highest BCUT2D eigenvalue weighted by atomic mass is 16.2. The number of nitrogens with one attached hydrogen (secondary N) is 1. The SMILES string of the molecule is C/C=C(\C)N1CC[C@@H](NC)C1=O.c1ccc(-c2ncc3c(n2)CCC3)nc1. The maximum Gasteiger partial charge on any atom is 0.243 e. The zero-order valence-corrected chi connectivity index (χ0v) is 16.3. The van der Waals surface area contributed by atoms with Crippen LogP contribution in [0, 0.1) is 0 Å². The molecule has 1 saturated heterocycles. The Bertz CT molecular complexity index is 819. The van der Waals surface area contributed by atoms with E-state index in [1.165, 1.54) is 17.7 Å². The molecule has 0 saturated carbocycles. The lowest BCUT2D eigenvalue weighted by Gasteiger charge is -2.16. The molecule has 27 heavy (non-hydrogen) atoms. The summed E-state index contributed by atoms with van der Waals surface area (Å²) in [5, 5.41) is 3.00. The van der Waals surface area contributed by atoms with E-state index in [-0.39, 0.29) is 11.9 Å². The molecule has 0 bridgehead atoms. The van der Waals surface area contributed by atoms with Crippen LogP contribution < -0.4 is 5.32 Å². The van der Waals surface area contributed by atoms with Gasteiger partial charge in [-0.15, -0.1) is 0 Å². The Kier molecular flexibility index (Phi) is 6.29. The van der Waals surface area contributed by atoms with Crippen LogP contribution in [0.1, 0.15) is 37.9 Å². The third-order valence-electron chi connectivity index (χ3n) is 5.11. The standard InChI is InChI=1S/C12H11N3.C9H16N2O/c1-2-7-13-11(5-1)12-14-8-9-4-3-6-10(9)15-12;1-4-7(2)11-6-5-8(10-3)9(11)12/h1-2,5,7-8H,3-4,6H2;4,8,10H,5-6H2,1-3H3/b;7-4+/t;8-/m.1/s1. The molecule has 2 aromatic heterocycles. The fraction of sp³-hybridized carbons (Fsp3) is 0.429. The number of carbonyl (C=O) groups is 1. The van der Waals surface area contributed by atoms with E-state index in [1.807, 2.05) is 56.3 Å². The number of carbonyl (C=O) groups excluding carboxylic acids is 1. The van der Waals surface area contributed by atoms with Gasteiger partial charge in [-0.3, -0.25) is 9.78 Å². The second kappa shape index (κ2) is 8.86. The number of rotatable bonds is 3. The van der Waals surface area contributed by atoms with Gasteiger partial charge >= 0.3 is 0 Å². The number of hydrogen-bond donors (Lipinski definition) is 1. The Morgan fingerprint density at radius 3 is 2.81 bits per heavy atom. The second-order valence-corrected chi connectivity index (χ2v) is 6.78. The van der Waals surface area contributed by atoms with Crippen molar-refractivity contribution in [3.8, 4) is 11.5 Å². The average Bonchev–Trinajstić information content (AvgIpc) is 3.34. The molecule has 1 aliphatic heterocycles. The number of hydrogen-bond acceptors (Lipinski definition) is 5. The molecule has 6 nitrogen and oxygen atoms in total. The number of allylic oxidation sites excluding steroid dienone is 2. The first-order chi connectivity index (χ1) is 13.1. The lowest BCUT2D eigenvalue weighted by molar-refractivity contribution is -0.127. The third-order valence-corrected chi connectivity index (χ3v) is 5.11. The fourth-order valence-electron chi connectivity index (χ4n) is 3.39. The molecule has 2 aliphatic rings. The van der Waals surface area contributed by atoms with Crippen molar-refractivity contribution >= 4 is 5.91 Å². The predicted molar refractivity (Wildman–Crippen MR) is 106 cm³/mol. The highest BCUT2D eigenvalue weighted by molar-refractivity contribution is 5.85. The number of amides is 1. The molecule has 1 atom stereocenters. The van der Waals surface area contributed by atoms with Gasteiger partial charge in [0.05, 0.1) is 6.04 Å². The van der Waals surface area contributed by atoms with Gasteiger partial charge in [0.2, 0.25) is 5.91 Å². The smallest absolute Gasteiger partial charge is 0.243 e. The molecule has 0 spiro atoms. The van der Waals surface area contributed by atoms with Gasteiger partial charge in [-0.25, -0.2) is 9.97 Å². The van der Waals surface area contributed by atoms with Crippen molar-refractivity contribution in [2.75, 3.05) is 13.6 Å². The van der Waals surface area contributed by atoms with E-state index >= 15 is 0 Å². The lowest BCUT2D eigenvalue weighted by Crippen LogP contribution is -2.35. The number of likely N-dealkylation sites (tertiary alicyclic amines) is 1. The average molecular weight is 365 g/mol. The van der Waals surface area contributed by atoms with Gasteiger partial charge in [-0.2, -0.15) is 0 Å². The van der Waals surface area contributed by atoms with Gasteiger partial charge in [0.1, 0.15) is 5.69 Å². The normalized spacial score (nSPS) is 18.9. The van der Waals surface area contributed by atoms with Crippen LogP contribution in [0.15, 0.2) is 42.4 Å². The molecular formula is C21H27N5O. The predicted octanol–water partition coefficient (Wildman–Crippen LogP) is 2.76. The molecule has 1 amide bonds. The summed E-state index contributed by atoms with van der Waals surface area (Å²) in [6.45, 7) is 4.77. The Hall–Kier alpha value is -2.60. The monoisotopic (exact) mass is 365 g/mol. The largest absolute Gasteiger partial charge is 0.315 e. The molecule has 1 N–H and O–H groups in total. The van der Waals surface area contributed by atoms with Crippen molar-refractivity contribution in [1.82, 2.24) is 25.2 Å². The third kappa shape index (κ3) is 4.39. The van der Waals surface area contributed by atoms with Gasteiger partial charge in [-0.05, 0) is 64.3 Å². The topological polar surface area (TPSA) is 71.0 Å². The van der Waals surface area contributed by atoms with Crippen molar-refractivity contribution in [3.05, 3.63) is 53.6 Å². The number of fused-ring (bicyclic) bond motifs is 1. The first-order valence-electron chi connectivity index (χ1n) is 9.51. The zero-order chi connectivity index (χ0) is 19.2. The molecule has 3 heterocycles. The van der Waals surface area contributed by atoms with Crippen LogP contribution in [0.25, 0.3) is 11.5 Å². The van der Waals surface area contributed by atoms with Crippen LogP contribution in [0.3, 0.4) is 0 Å². The van der Waals surface area contributed by atoms with Gasteiger partial charge in [0.25, 0.3) is 0 Å². The molecule has 142 valence electrons. The van der Waals surface area contributed by atoms with E-state index in [0.29, 0.717) is 0 Å². The number of aromatic nitrogens is 3. The second-order valence-electron chi connectivity index (χ2n) is 6.78. The van der Waals surface area contributed by atoms with Crippen LogP contribution in [-0.2, 0) is 17.6 Å². The van der Waals surface area contributed by atoms with Crippen molar-refractivity contribution < 1.29 is 4.79 Å². The summed E-state index contributed by atoms with van der Waals surface area (Å²) in [6.07, 6.45) is 10.0. The summed E-state index contributed by atoms with van der Waals surface area (Å²) in [5.74, 6) is 0.948. The summed E-state index contributed by atoms with van der Waals surface area (Å²) < 4.78 is 0. The van der Waals surface area contributed by atoms with Crippen LogP contribution in [0.2, 0.25) is 0 Å². The molecule has 0 radical (unpaired) electrons. The van der Waals surface area contributed by atoms with Crippen molar-refractivity contribution in [2.24, 2.45) is 0 Å². The molecule has 1 fully saturated rings. The number of likely N-dealkylation sites (N-methyl/N-ethyl adjacent to an activating group) is 1. The summed E-state index contributed by atoms with van der Waals surface area (Å²) in [5.41, 5.74) is 4.41. The van der Waals surface area contributed by atoms with Crippen molar-refractivity contribution in [3.63, 3.8) is 0 Å². The first kappa shape index (κ1) is 19.2. The summed E-state index contributed by atoms with van der Waals surface area (Å²) in [7, 11) is 1.83. The minimum atomic E-state index is 0.0277. The van der Waals surface area contributed by atoms with Crippen molar-refractivity contribution in [1.29, 1.82) is 0 Å². The van der Waals surface area contributed by atoms with Crippen LogP contribution in [0.4, 0.5) is 0 Å². The molecule has 2 aromatic rings. The van der Waals surface area contributed by atoms with E-state index in [4.69, 9.17) is 0 Å². The number of aryl methyl sites for hydroxylation is 2. The number of nitrogens with zero attached hydrogens (tertiary/aromatic N) is 4. The van der Waals surface area contributed by atoms with Gasteiger partial charge in [0, 0.05) is 30.3 Å². The van der Waals surface area contributed by atoms with Gasteiger partial charge in [-0.1, -0.05) is 12.1 Å². The Balaban J connectivity index is 0.000000161. The fourth-order valence-corrected chi connectivity index (χ4v) is 3.39. The molecule has 4 rings (SSSR count). The Morgan fingerprint density at radius 1 is 1.30 bits per heavy atom. The Morgan fingerprint density at radius 2 is 2.15 bits per heavy atom. The van der Waals surface area contributed by atoms with E-state index in [2.05, 4.69) is 20.3 Å². The summed E-state index contributed by atoms with van der Waals surface area (Å²) >= 11 is 0. The molecule has 0 unspecified atom stereocenters. The number of pyridine rings is 1. The molecule has 1 aliphatic carbocycles. The van der Waals surface area contributed by atoms with Crippen molar-refractivity contribution in [2.45, 2.75) is 45.6 Å². The van der Waals surface area contributed by atoms with Gasteiger partial charge < -0.3 is 10.2 Å².